The molecule has 29 heavy (non-hydrogen) atoms. The summed E-state index contributed by atoms with van der Waals surface area (Å²) < 4.78 is 0. The molecule has 0 saturated heterocycles. The number of carbonyl (C=O) groups is 2. The van der Waals surface area contributed by atoms with Gasteiger partial charge in [0, 0.05) is 18.2 Å². The standard InChI is InChI=1S/C25H14N2O2/c28-22-11-15(25(29)21-12-26-13-27-24(21)22)10-14-8-9-20-18-5-2-1-4-17(18)19-7-3-6-16(14)23(19)20/h1-9,11-13H,10H2. The van der Waals surface area contributed by atoms with Gasteiger partial charge in [0.25, 0.3) is 0 Å². The van der Waals surface area contributed by atoms with Gasteiger partial charge in [0.1, 0.15) is 12.0 Å². The van der Waals surface area contributed by atoms with E-state index < -0.39 is 0 Å². The quantitative estimate of drug-likeness (QED) is 0.444. The van der Waals surface area contributed by atoms with Gasteiger partial charge in [0.05, 0.1) is 5.56 Å². The molecule has 4 nitrogen and oxygen atoms in total. The highest BCUT2D eigenvalue weighted by Gasteiger charge is 2.28. The number of rotatable bonds is 2. The lowest BCUT2D eigenvalue weighted by molar-refractivity contribution is 0.0978. The summed E-state index contributed by atoms with van der Waals surface area (Å²) >= 11 is 0. The molecule has 2 aliphatic carbocycles. The third-order valence-electron chi connectivity index (χ3n) is 5.81. The molecule has 0 bridgehead atoms. The number of benzene rings is 3. The van der Waals surface area contributed by atoms with E-state index in [-0.39, 0.29) is 22.8 Å². The van der Waals surface area contributed by atoms with Gasteiger partial charge in [-0.2, -0.15) is 0 Å². The van der Waals surface area contributed by atoms with E-state index in [4.69, 9.17) is 0 Å². The maximum absolute atomic E-state index is 12.9. The number of carbonyl (C=O) groups excluding carboxylic acids is 2. The van der Waals surface area contributed by atoms with Gasteiger partial charge in [0.15, 0.2) is 5.78 Å². The molecule has 6 rings (SSSR count). The second kappa shape index (κ2) is 5.79. The Hall–Kier alpha value is -3.92. The predicted molar refractivity (Wildman–Crippen MR) is 111 cm³/mol. The Balaban J connectivity index is 1.49. The summed E-state index contributed by atoms with van der Waals surface area (Å²) in [7, 11) is 0. The number of ketones is 2. The van der Waals surface area contributed by atoms with Crippen molar-refractivity contribution < 1.29 is 9.59 Å². The minimum absolute atomic E-state index is 0.174. The molecule has 1 heterocycles. The SMILES string of the molecule is O=C1C(Cc2ccc3c4c(cccc24)-c2ccccc2-3)=CC(=O)c2ncncc21. The minimum atomic E-state index is -0.240. The summed E-state index contributed by atoms with van der Waals surface area (Å²) in [6.45, 7) is 0. The average Bonchev–Trinajstić information content (AvgIpc) is 3.09. The van der Waals surface area contributed by atoms with Crippen LogP contribution in [0, 0.1) is 0 Å². The highest BCUT2D eigenvalue weighted by Crippen LogP contribution is 2.47. The van der Waals surface area contributed by atoms with Crippen LogP contribution in [0.15, 0.2) is 78.8 Å². The van der Waals surface area contributed by atoms with Gasteiger partial charge in [-0.15, -0.1) is 0 Å². The zero-order chi connectivity index (χ0) is 19.5. The molecule has 136 valence electrons. The Morgan fingerprint density at radius 1 is 0.759 bits per heavy atom. The lowest BCUT2D eigenvalue weighted by Gasteiger charge is -2.15. The molecule has 2 aliphatic rings. The van der Waals surface area contributed by atoms with Crippen molar-refractivity contribution in [3.63, 3.8) is 0 Å². The van der Waals surface area contributed by atoms with E-state index in [2.05, 4.69) is 64.6 Å². The van der Waals surface area contributed by atoms with Crippen molar-refractivity contribution in [1.82, 2.24) is 9.97 Å². The van der Waals surface area contributed by atoms with E-state index in [1.807, 2.05) is 0 Å². The van der Waals surface area contributed by atoms with Gasteiger partial charge in [-0.25, -0.2) is 9.97 Å². The first-order chi connectivity index (χ1) is 14.2. The monoisotopic (exact) mass is 374 g/mol. The molecular formula is C25H14N2O2. The maximum atomic E-state index is 12.9. The third kappa shape index (κ3) is 2.20. The van der Waals surface area contributed by atoms with E-state index >= 15 is 0 Å². The summed E-state index contributed by atoms with van der Waals surface area (Å²) in [6.07, 6.45) is 4.55. The van der Waals surface area contributed by atoms with E-state index in [0.717, 1.165) is 10.9 Å². The maximum Gasteiger partial charge on any atom is 0.205 e. The number of allylic oxidation sites excluding steroid dienone is 2. The van der Waals surface area contributed by atoms with Crippen molar-refractivity contribution in [2.24, 2.45) is 0 Å². The van der Waals surface area contributed by atoms with Crippen LogP contribution in [0.5, 0.6) is 0 Å². The largest absolute Gasteiger partial charge is 0.289 e. The van der Waals surface area contributed by atoms with Crippen molar-refractivity contribution in [2.75, 3.05) is 0 Å². The van der Waals surface area contributed by atoms with Crippen LogP contribution in [0.4, 0.5) is 0 Å². The molecule has 4 heteroatoms. The number of aromatic nitrogens is 2. The predicted octanol–water partition coefficient (Wildman–Crippen LogP) is 4.83. The first-order valence-corrected chi connectivity index (χ1v) is 9.46. The van der Waals surface area contributed by atoms with Crippen LogP contribution in [0.1, 0.15) is 26.4 Å². The zero-order valence-corrected chi connectivity index (χ0v) is 15.3. The molecule has 0 spiro atoms. The molecule has 0 amide bonds. The molecule has 1 aromatic heterocycles. The van der Waals surface area contributed by atoms with E-state index in [1.165, 1.54) is 46.2 Å². The third-order valence-corrected chi connectivity index (χ3v) is 5.81. The fraction of sp³-hybridized carbons (Fsp3) is 0.0400. The van der Waals surface area contributed by atoms with Crippen molar-refractivity contribution in [3.05, 3.63) is 95.6 Å². The second-order valence-electron chi connectivity index (χ2n) is 7.37. The Morgan fingerprint density at radius 3 is 2.34 bits per heavy atom. The highest BCUT2D eigenvalue weighted by atomic mass is 16.1. The first-order valence-electron chi connectivity index (χ1n) is 9.46. The fourth-order valence-electron chi connectivity index (χ4n) is 4.52. The molecule has 0 radical (unpaired) electrons. The second-order valence-corrected chi connectivity index (χ2v) is 7.37. The summed E-state index contributed by atoms with van der Waals surface area (Å²) in [6, 6.07) is 18.9. The van der Waals surface area contributed by atoms with E-state index in [0.29, 0.717) is 12.0 Å². The molecule has 0 aliphatic heterocycles. The molecule has 0 N–H and O–H groups in total. The van der Waals surface area contributed by atoms with Gasteiger partial charge in [-0.3, -0.25) is 9.59 Å². The van der Waals surface area contributed by atoms with E-state index in [9.17, 15) is 9.59 Å². The molecule has 0 saturated carbocycles. The number of hydrogen-bond donors (Lipinski definition) is 0. The zero-order valence-electron chi connectivity index (χ0n) is 15.3. The highest BCUT2D eigenvalue weighted by molar-refractivity contribution is 6.24. The molecule has 0 atom stereocenters. The Kier molecular flexibility index (Phi) is 3.21. The molecule has 0 unspecified atom stereocenters. The molecule has 0 fully saturated rings. The lowest BCUT2D eigenvalue weighted by Crippen LogP contribution is -2.20. The van der Waals surface area contributed by atoms with Gasteiger partial charge in [-0.1, -0.05) is 54.6 Å². The number of hydrogen-bond acceptors (Lipinski definition) is 4. The summed E-state index contributed by atoms with van der Waals surface area (Å²) in [5.41, 5.74) is 6.89. The number of fused-ring (bicyclic) bond motifs is 4. The fourth-order valence-corrected chi connectivity index (χ4v) is 4.52. The van der Waals surface area contributed by atoms with Crippen molar-refractivity contribution in [2.45, 2.75) is 6.42 Å². The Labute approximate surface area is 166 Å². The van der Waals surface area contributed by atoms with Gasteiger partial charge in [-0.05, 0) is 44.7 Å². The van der Waals surface area contributed by atoms with Crippen molar-refractivity contribution in [1.29, 1.82) is 0 Å². The van der Waals surface area contributed by atoms with Crippen molar-refractivity contribution >= 4 is 22.3 Å². The Bertz CT molecular complexity index is 1390. The Morgan fingerprint density at radius 2 is 1.52 bits per heavy atom. The lowest BCUT2D eigenvalue weighted by atomic mass is 9.88. The van der Waals surface area contributed by atoms with E-state index in [1.54, 1.807) is 0 Å². The van der Waals surface area contributed by atoms with Gasteiger partial charge < -0.3 is 0 Å². The summed E-state index contributed by atoms with van der Waals surface area (Å²) in [4.78, 5) is 33.3. The van der Waals surface area contributed by atoms with Crippen LogP contribution >= 0.6 is 0 Å². The normalized spacial score (nSPS) is 14.0. The van der Waals surface area contributed by atoms with Crippen LogP contribution in [0.2, 0.25) is 0 Å². The van der Waals surface area contributed by atoms with Gasteiger partial charge in [0.2, 0.25) is 5.78 Å². The minimum Gasteiger partial charge on any atom is -0.289 e. The van der Waals surface area contributed by atoms with Gasteiger partial charge >= 0.3 is 0 Å². The average molecular weight is 374 g/mol. The smallest absolute Gasteiger partial charge is 0.205 e. The van der Waals surface area contributed by atoms with Crippen LogP contribution in [-0.2, 0) is 6.42 Å². The van der Waals surface area contributed by atoms with Crippen LogP contribution in [0.3, 0.4) is 0 Å². The van der Waals surface area contributed by atoms with Crippen LogP contribution in [0.25, 0.3) is 33.0 Å². The number of Topliss-reactive ketones (excluding diaryl/α,β-unsaturated/α-hetero) is 1. The van der Waals surface area contributed by atoms with Crippen molar-refractivity contribution in [3.8, 4) is 22.3 Å². The summed E-state index contributed by atoms with van der Waals surface area (Å²) in [5.74, 6) is -0.415. The summed E-state index contributed by atoms with van der Waals surface area (Å²) in [5, 5.41) is 2.33. The van der Waals surface area contributed by atoms with Crippen LogP contribution < -0.4 is 0 Å². The number of nitrogens with zero attached hydrogens (tertiary/aromatic N) is 2. The molecule has 3 aromatic carbocycles. The first kappa shape index (κ1) is 16.1. The molecular weight excluding hydrogens is 360 g/mol. The van der Waals surface area contributed by atoms with Crippen LogP contribution in [-0.4, -0.2) is 21.5 Å². The molecule has 4 aromatic rings. The topological polar surface area (TPSA) is 59.9 Å².